The third-order valence-electron chi connectivity index (χ3n) is 4.21. The van der Waals surface area contributed by atoms with Gasteiger partial charge in [0.05, 0.1) is 11.5 Å². The molecule has 4 nitrogen and oxygen atoms in total. The summed E-state index contributed by atoms with van der Waals surface area (Å²) in [6.45, 7) is 7.00. The quantitative estimate of drug-likeness (QED) is 0.744. The molecule has 1 fully saturated rings. The average Bonchev–Trinajstić information content (AvgIpc) is 2.71. The zero-order chi connectivity index (χ0) is 16.4. The van der Waals surface area contributed by atoms with Crippen LogP contribution in [0.1, 0.15) is 20.3 Å². The summed E-state index contributed by atoms with van der Waals surface area (Å²) < 4.78 is 28.7. The molecule has 1 aliphatic heterocycles. The Labute approximate surface area is 138 Å². The number of rotatable bonds is 6. The Kier molecular flexibility index (Phi) is 5.41. The molecule has 0 radical (unpaired) electrons. The zero-order valence-electron chi connectivity index (χ0n) is 13.4. The predicted molar refractivity (Wildman–Crippen MR) is 89.5 cm³/mol. The number of sulfone groups is 1. The number of benzene rings is 1. The summed E-state index contributed by atoms with van der Waals surface area (Å²) in [7, 11) is -3.15. The summed E-state index contributed by atoms with van der Waals surface area (Å²) in [5, 5.41) is 0. The number of likely N-dealkylation sites (tertiary alicyclic amines) is 1. The molecular weight excluding hydrogens is 322 g/mol. The summed E-state index contributed by atoms with van der Waals surface area (Å²) >= 11 is 5.86. The van der Waals surface area contributed by atoms with Crippen LogP contribution >= 0.6 is 11.6 Å². The largest absolute Gasteiger partial charge is 0.493 e. The second-order valence-corrected chi connectivity index (χ2v) is 8.97. The first-order valence-electron chi connectivity index (χ1n) is 7.46. The number of hydrogen-bond acceptors (Lipinski definition) is 4. The number of ether oxygens (including phenoxy) is 1. The maximum absolute atomic E-state index is 11.4. The minimum absolute atomic E-state index is 0.156. The molecule has 0 aliphatic carbocycles. The topological polar surface area (TPSA) is 46.6 Å². The number of halogens is 1. The highest BCUT2D eigenvalue weighted by molar-refractivity contribution is 7.90. The van der Waals surface area contributed by atoms with Crippen LogP contribution in [0.5, 0.6) is 5.75 Å². The van der Waals surface area contributed by atoms with Crippen molar-refractivity contribution in [2.45, 2.75) is 30.7 Å². The number of hydrogen-bond donors (Lipinski definition) is 0. The van der Waals surface area contributed by atoms with Crippen molar-refractivity contribution in [2.24, 2.45) is 5.92 Å². The lowest BCUT2D eigenvalue weighted by atomic mass is 9.97. The van der Waals surface area contributed by atoms with E-state index in [1.165, 1.54) is 6.26 Å². The molecule has 0 amide bonds. The molecule has 0 bridgehead atoms. The fraction of sp³-hybridized carbons (Fsp3) is 0.625. The molecule has 22 heavy (non-hydrogen) atoms. The van der Waals surface area contributed by atoms with Gasteiger partial charge in [0.2, 0.25) is 0 Å². The Morgan fingerprint density at radius 2 is 1.95 bits per heavy atom. The fourth-order valence-electron chi connectivity index (χ4n) is 3.06. The summed E-state index contributed by atoms with van der Waals surface area (Å²) in [5.41, 5.74) is 0.156. The van der Waals surface area contributed by atoms with Gasteiger partial charge in [0, 0.05) is 36.7 Å². The van der Waals surface area contributed by atoms with E-state index in [0.717, 1.165) is 19.5 Å². The van der Waals surface area contributed by atoms with E-state index in [-0.39, 0.29) is 5.54 Å². The third kappa shape index (κ3) is 4.37. The molecule has 1 aliphatic rings. The van der Waals surface area contributed by atoms with Crippen LogP contribution in [0.3, 0.4) is 0 Å². The Bertz CT molecular complexity index is 598. The SMILES string of the molecule is CC1(C)CC(COc2ccc(S(C)(=O)=O)cc2)CN1CCCl. The molecule has 124 valence electrons. The summed E-state index contributed by atoms with van der Waals surface area (Å²) in [6, 6.07) is 6.60. The second-order valence-electron chi connectivity index (χ2n) is 6.57. The lowest BCUT2D eigenvalue weighted by Gasteiger charge is -2.30. The smallest absolute Gasteiger partial charge is 0.175 e. The van der Waals surface area contributed by atoms with Crippen molar-refractivity contribution in [3.05, 3.63) is 24.3 Å². The minimum atomic E-state index is -3.15. The molecule has 0 spiro atoms. The van der Waals surface area contributed by atoms with E-state index in [0.29, 0.717) is 29.0 Å². The molecule has 0 N–H and O–H groups in total. The zero-order valence-corrected chi connectivity index (χ0v) is 15.0. The molecule has 2 rings (SSSR count). The van der Waals surface area contributed by atoms with Crippen LogP contribution in [-0.4, -0.2) is 50.7 Å². The maximum Gasteiger partial charge on any atom is 0.175 e. The molecule has 1 aromatic carbocycles. The van der Waals surface area contributed by atoms with Crippen LogP contribution in [0.2, 0.25) is 0 Å². The maximum atomic E-state index is 11.4. The molecule has 0 aromatic heterocycles. The molecule has 1 saturated heterocycles. The van der Waals surface area contributed by atoms with Gasteiger partial charge in [-0.3, -0.25) is 4.90 Å². The van der Waals surface area contributed by atoms with E-state index in [1.54, 1.807) is 24.3 Å². The normalized spacial score (nSPS) is 21.9. The van der Waals surface area contributed by atoms with E-state index in [2.05, 4.69) is 18.7 Å². The first-order chi connectivity index (χ1) is 10.2. The minimum Gasteiger partial charge on any atom is -0.493 e. The third-order valence-corrected chi connectivity index (χ3v) is 5.51. The van der Waals surface area contributed by atoms with Crippen LogP contribution in [-0.2, 0) is 9.84 Å². The van der Waals surface area contributed by atoms with Gasteiger partial charge in [0.15, 0.2) is 9.84 Å². The molecule has 0 saturated carbocycles. The van der Waals surface area contributed by atoms with Gasteiger partial charge >= 0.3 is 0 Å². The van der Waals surface area contributed by atoms with Crippen LogP contribution in [0, 0.1) is 5.92 Å². The van der Waals surface area contributed by atoms with Crippen molar-refractivity contribution >= 4 is 21.4 Å². The van der Waals surface area contributed by atoms with Crippen molar-refractivity contribution in [2.75, 3.05) is 31.8 Å². The first kappa shape index (κ1) is 17.6. The van der Waals surface area contributed by atoms with Crippen LogP contribution < -0.4 is 4.74 Å². The van der Waals surface area contributed by atoms with Gasteiger partial charge in [-0.1, -0.05) is 0 Å². The van der Waals surface area contributed by atoms with Gasteiger partial charge in [-0.15, -0.1) is 11.6 Å². The molecule has 1 unspecified atom stereocenters. The van der Waals surface area contributed by atoms with Gasteiger partial charge in [0.25, 0.3) is 0 Å². The summed E-state index contributed by atoms with van der Waals surface area (Å²) in [4.78, 5) is 2.72. The van der Waals surface area contributed by atoms with Crippen molar-refractivity contribution in [3.63, 3.8) is 0 Å². The predicted octanol–water partition coefficient (Wildman–Crippen LogP) is 2.81. The Balaban J connectivity index is 1.91. The first-order valence-corrected chi connectivity index (χ1v) is 9.89. The highest BCUT2D eigenvalue weighted by Crippen LogP contribution is 2.32. The van der Waals surface area contributed by atoms with Crippen LogP contribution in [0.4, 0.5) is 0 Å². The Hall–Kier alpha value is -0.780. The molecule has 1 heterocycles. The second kappa shape index (κ2) is 6.77. The lowest BCUT2D eigenvalue weighted by Crippen LogP contribution is -2.39. The molecule has 1 atom stereocenters. The van der Waals surface area contributed by atoms with E-state index in [4.69, 9.17) is 16.3 Å². The number of nitrogens with zero attached hydrogens (tertiary/aromatic N) is 1. The Morgan fingerprint density at radius 1 is 1.32 bits per heavy atom. The monoisotopic (exact) mass is 345 g/mol. The van der Waals surface area contributed by atoms with Gasteiger partial charge in [-0.2, -0.15) is 0 Å². The standard InChI is InChI=1S/C16H24ClNO3S/c1-16(2)10-13(11-18(16)9-8-17)12-21-14-4-6-15(7-5-14)22(3,19)20/h4-7,13H,8-12H2,1-3H3. The van der Waals surface area contributed by atoms with E-state index >= 15 is 0 Å². The molecular formula is C16H24ClNO3S. The van der Waals surface area contributed by atoms with Gasteiger partial charge in [-0.25, -0.2) is 8.42 Å². The van der Waals surface area contributed by atoms with Crippen molar-refractivity contribution in [1.29, 1.82) is 0 Å². The summed E-state index contributed by atoms with van der Waals surface area (Å²) in [6.07, 6.45) is 2.28. The molecule has 6 heteroatoms. The van der Waals surface area contributed by atoms with Gasteiger partial charge in [-0.05, 0) is 44.5 Å². The molecule has 1 aromatic rings. The van der Waals surface area contributed by atoms with Crippen molar-refractivity contribution in [1.82, 2.24) is 4.90 Å². The highest BCUT2D eigenvalue weighted by Gasteiger charge is 2.37. The van der Waals surface area contributed by atoms with Crippen LogP contribution in [0.25, 0.3) is 0 Å². The van der Waals surface area contributed by atoms with Gasteiger partial charge < -0.3 is 4.74 Å². The summed E-state index contributed by atoms with van der Waals surface area (Å²) in [5.74, 6) is 1.82. The lowest BCUT2D eigenvalue weighted by molar-refractivity contribution is 0.184. The van der Waals surface area contributed by atoms with Crippen LogP contribution in [0.15, 0.2) is 29.2 Å². The highest BCUT2D eigenvalue weighted by atomic mass is 35.5. The average molecular weight is 346 g/mol. The van der Waals surface area contributed by atoms with Gasteiger partial charge in [0.1, 0.15) is 5.75 Å². The van der Waals surface area contributed by atoms with E-state index in [9.17, 15) is 8.42 Å². The fourth-order valence-corrected chi connectivity index (χ4v) is 3.90. The number of alkyl halides is 1. The van der Waals surface area contributed by atoms with Crippen molar-refractivity contribution in [3.8, 4) is 5.75 Å². The Morgan fingerprint density at radius 3 is 2.50 bits per heavy atom. The van der Waals surface area contributed by atoms with E-state index < -0.39 is 9.84 Å². The van der Waals surface area contributed by atoms with E-state index in [1.807, 2.05) is 0 Å². The van der Waals surface area contributed by atoms with Crippen molar-refractivity contribution < 1.29 is 13.2 Å².